The molecule has 0 aliphatic carbocycles. The van der Waals surface area contributed by atoms with Crippen molar-refractivity contribution in [2.75, 3.05) is 0 Å². The third kappa shape index (κ3) is 2.20. The van der Waals surface area contributed by atoms with Crippen LogP contribution in [0.15, 0.2) is 60.3 Å². The van der Waals surface area contributed by atoms with Crippen molar-refractivity contribution in [3.63, 3.8) is 0 Å². The van der Waals surface area contributed by atoms with Crippen molar-refractivity contribution in [1.82, 2.24) is 5.32 Å². The van der Waals surface area contributed by atoms with Gasteiger partial charge in [0, 0.05) is 5.02 Å². The molecule has 106 valence electrons. The van der Waals surface area contributed by atoms with Crippen molar-refractivity contribution >= 4 is 23.1 Å². The van der Waals surface area contributed by atoms with Gasteiger partial charge in [-0.25, -0.2) is 0 Å². The zero-order valence-electron chi connectivity index (χ0n) is 11.6. The van der Waals surface area contributed by atoms with E-state index in [9.17, 15) is 4.79 Å². The molecule has 1 amide bonds. The Balaban J connectivity index is 2.12. The number of hydrogen-bond donors (Lipinski definition) is 2. The van der Waals surface area contributed by atoms with Crippen molar-refractivity contribution in [2.24, 2.45) is 5.73 Å². The summed E-state index contributed by atoms with van der Waals surface area (Å²) in [6.45, 7) is 1.90. The Morgan fingerprint density at radius 3 is 2.29 bits per heavy atom. The zero-order valence-corrected chi connectivity index (χ0v) is 12.3. The molecule has 0 saturated carbocycles. The van der Waals surface area contributed by atoms with E-state index in [4.69, 9.17) is 17.3 Å². The predicted octanol–water partition coefficient (Wildman–Crippen LogP) is 3.06. The molecule has 0 fully saturated rings. The summed E-state index contributed by atoms with van der Waals surface area (Å²) in [5, 5.41) is 3.63. The Morgan fingerprint density at radius 2 is 1.67 bits per heavy atom. The van der Waals surface area contributed by atoms with E-state index in [1.807, 2.05) is 49.4 Å². The zero-order chi connectivity index (χ0) is 15.0. The smallest absolute Gasteiger partial charge is 0.254 e. The number of benzene rings is 2. The molecule has 3 nitrogen and oxygen atoms in total. The highest BCUT2D eigenvalue weighted by Crippen LogP contribution is 2.37. The second-order valence-electron chi connectivity index (χ2n) is 5.24. The number of nitrogens with two attached hydrogens (primary N) is 1. The molecule has 0 saturated heterocycles. The molecule has 21 heavy (non-hydrogen) atoms. The van der Waals surface area contributed by atoms with Crippen molar-refractivity contribution in [3.05, 3.63) is 76.4 Å². The van der Waals surface area contributed by atoms with Crippen LogP contribution in [-0.2, 0) is 10.3 Å². The molecule has 0 aromatic heterocycles. The van der Waals surface area contributed by atoms with Gasteiger partial charge in [0.1, 0.15) is 5.54 Å². The number of carbonyl (C=O) groups is 1. The lowest BCUT2D eigenvalue weighted by Crippen LogP contribution is -2.40. The molecule has 0 bridgehead atoms. The van der Waals surface area contributed by atoms with Gasteiger partial charge in [-0.15, -0.1) is 0 Å². The van der Waals surface area contributed by atoms with Crippen LogP contribution < -0.4 is 11.1 Å². The predicted molar refractivity (Wildman–Crippen MR) is 84.5 cm³/mol. The maximum absolute atomic E-state index is 12.4. The highest BCUT2D eigenvalue weighted by molar-refractivity contribution is 6.30. The first kappa shape index (κ1) is 13.7. The van der Waals surface area contributed by atoms with Crippen molar-refractivity contribution in [2.45, 2.75) is 12.5 Å². The largest absolute Gasteiger partial charge is 0.399 e. The molecule has 1 aliphatic heterocycles. The molecule has 1 heterocycles. The highest BCUT2D eigenvalue weighted by atomic mass is 35.5. The van der Waals surface area contributed by atoms with Crippen LogP contribution in [0.3, 0.4) is 0 Å². The average Bonchev–Trinajstić information content (AvgIpc) is 2.71. The van der Waals surface area contributed by atoms with Gasteiger partial charge in [-0.2, -0.15) is 0 Å². The van der Waals surface area contributed by atoms with Crippen LogP contribution in [0, 0.1) is 0 Å². The van der Waals surface area contributed by atoms with E-state index in [-0.39, 0.29) is 5.91 Å². The van der Waals surface area contributed by atoms with E-state index in [1.54, 1.807) is 12.1 Å². The van der Waals surface area contributed by atoms with Gasteiger partial charge in [0.15, 0.2) is 0 Å². The monoisotopic (exact) mass is 298 g/mol. The Morgan fingerprint density at radius 1 is 1.05 bits per heavy atom. The number of nitrogens with one attached hydrogen (secondary N) is 1. The Bertz CT molecular complexity index is 722. The molecule has 1 atom stereocenters. The summed E-state index contributed by atoms with van der Waals surface area (Å²) in [5.74, 6) is -0.156. The van der Waals surface area contributed by atoms with E-state index >= 15 is 0 Å². The lowest BCUT2D eigenvalue weighted by molar-refractivity contribution is -0.116. The van der Waals surface area contributed by atoms with Crippen molar-refractivity contribution < 1.29 is 4.79 Å². The van der Waals surface area contributed by atoms with Crippen LogP contribution in [-0.4, -0.2) is 5.91 Å². The van der Waals surface area contributed by atoms with Gasteiger partial charge in [0.05, 0.1) is 11.3 Å². The standard InChI is InChI=1S/C17H15ClN2O/c1-17(12-7-9-13(18)10-8-12)15(19)14(16(21)20-17)11-5-3-2-4-6-11/h2-10H,19H2,1H3,(H,20,21). The Kier molecular flexibility index (Phi) is 3.22. The second kappa shape index (κ2) is 4.93. The average molecular weight is 299 g/mol. The van der Waals surface area contributed by atoms with E-state index in [2.05, 4.69) is 5.32 Å². The first-order chi connectivity index (χ1) is 10.0. The van der Waals surface area contributed by atoms with Crippen LogP contribution in [0.5, 0.6) is 0 Å². The molecular weight excluding hydrogens is 284 g/mol. The number of carbonyl (C=O) groups excluding carboxylic acids is 1. The van der Waals surface area contributed by atoms with Crippen LogP contribution in [0.2, 0.25) is 5.02 Å². The molecule has 0 radical (unpaired) electrons. The minimum Gasteiger partial charge on any atom is -0.399 e. The van der Waals surface area contributed by atoms with Gasteiger partial charge in [-0.05, 0) is 30.2 Å². The highest BCUT2D eigenvalue weighted by Gasteiger charge is 2.41. The second-order valence-corrected chi connectivity index (χ2v) is 5.68. The summed E-state index contributed by atoms with van der Waals surface area (Å²) in [6, 6.07) is 16.8. The summed E-state index contributed by atoms with van der Waals surface area (Å²) < 4.78 is 0. The first-order valence-corrected chi connectivity index (χ1v) is 7.04. The lowest BCUT2D eigenvalue weighted by atomic mass is 9.88. The van der Waals surface area contributed by atoms with Gasteiger partial charge < -0.3 is 11.1 Å². The summed E-state index contributed by atoms with van der Waals surface area (Å²) in [6.07, 6.45) is 0. The van der Waals surface area contributed by atoms with Gasteiger partial charge in [-0.3, -0.25) is 4.79 Å². The topological polar surface area (TPSA) is 55.1 Å². The third-order valence-corrected chi connectivity index (χ3v) is 4.13. The molecule has 1 aliphatic rings. The normalized spacial score (nSPS) is 21.5. The van der Waals surface area contributed by atoms with Crippen molar-refractivity contribution in [3.8, 4) is 0 Å². The molecule has 3 N–H and O–H groups in total. The van der Waals surface area contributed by atoms with E-state index < -0.39 is 5.54 Å². The molecule has 3 rings (SSSR count). The van der Waals surface area contributed by atoms with E-state index in [0.717, 1.165) is 11.1 Å². The van der Waals surface area contributed by atoms with E-state index in [0.29, 0.717) is 16.3 Å². The number of hydrogen-bond acceptors (Lipinski definition) is 2. The number of rotatable bonds is 2. The molecular formula is C17H15ClN2O. The first-order valence-electron chi connectivity index (χ1n) is 6.66. The van der Waals surface area contributed by atoms with Crippen LogP contribution >= 0.6 is 11.6 Å². The maximum Gasteiger partial charge on any atom is 0.254 e. The fraction of sp³-hybridized carbons (Fsp3) is 0.118. The fourth-order valence-electron chi connectivity index (χ4n) is 2.63. The number of amides is 1. The summed E-state index contributed by atoms with van der Waals surface area (Å²) >= 11 is 5.92. The SMILES string of the molecule is CC1(c2ccc(Cl)cc2)NC(=O)C(c2ccccc2)=C1N. The number of halogens is 1. The fourth-order valence-corrected chi connectivity index (χ4v) is 2.76. The maximum atomic E-state index is 12.4. The molecule has 2 aromatic carbocycles. The minimum atomic E-state index is -0.715. The lowest BCUT2D eigenvalue weighted by Gasteiger charge is -2.26. The minimum absolute atomic E-state index is 0.156. The third-order valence-electron chi connectivity index (χ3n) is 3.88. The van der Waals surface area contributed by atoms with Crippen LogP contribution in [0.1, 0.15) is 18.1 Å². The summed E-state index contributed by atoms with van der Waals surface area (Å²) in [7, 11) is 0. The Labute approximate surface area is 128 Å². The summed E-state index contributed by atoms with van der Waals surface area (Å²) in [4.78, 5) is 12.4. The van der Waals surface area contributed by atoms with Gasteiger partial charge in [0.2, 0.25) is 0 Å². The Hall–Kier alpha value is -2.26. The molecule has 0 spiro atoms. The summed E-state index contributed by atoms with van der Waals surface area (Å²) in [5.41, 5.74) is 8.39. The molecule has 1 unspecified atom stereocenters. The molecule has 4 heteroatoms. The van der Waals surface area contributed by atoms with Gasteiger partial charge in [-0.1, -0.05) is 54.1 Å². The van der Waals surface area contributed by atoms with Gasteiger partial charge >= 0.3 is 0 Å². The van der Waals surface area contributed by atoms with Crippen LogP contribution in [0.4, 0.5) is 0 Å². The quantitative estimate of drug-likeness (QED) is 0.895. The van der Waals surface area contributed by atoms with Gasteiger partial charge in [0.25, 0.3) is 5.91 Å². The van der Waals surface area contributed by atoms with Crippen LogP contribution in [0.25, 0.3) is 5.57 Å². The van der Waals surface area contributed by atoms with Crippen molar-refractivity contribution in [1.29, 1.82) is 0 Å². The van der Waals surface area contributed by atoms with E-state index in [1.165, 1.54) is 0 Å². The molecule has 2 aromatic rings.